The third-order valence-corrected chi connectivity index (χ3v) is 13.5. The summed E-state index contributed by atoms with van der Waals surface area (Å²) in [5, 5.41) is 15.0. The third kappa shape index (κ3) is 12.8. The average Bonchev–Trinajstić information content (AvgIpc) is 3.54. The van der Waals surface area contributed by atoms with Gasteiger partial charge in [-0.05, 0) is 101 Å². The van der Waals surface area contributed by atoms with Gasteiger partial charge in [-0.15, -0.1) is 0 Å². The van der Waals surface area contributed by atoms with Crippen molar-refractivity contribution in [3.63, 3.8) is 0 Å². The van der Waals surface area contributed by atoms with E-state index in [0.717, 1.165) is 53.2 Å². The molecule has 336 valence electrons. The molecule has 0 spiro atoms. The molecule has 3 heterocycles. The van der Waals surface area contributed by atoms with E-state index < -0.39 is 36.7 Å². The number of nitrogens with one attached hydrogen (secondary N) is 2. The number of carboxylic acid groups (broad SMARTS) is 1. The molecule has 4 N–H and O–H groups in total. The van der Waals surface area contributed by atoms with Crippen molar-refractivity contribution in [3.8, 4) is 0 Å². The zero-order valence-electron chi connectivity index (χ0n) is 36.3. The van der Waals surface area contributed by atoms with Gasteiger partial charge in [0.25, 0.3) is 10.1 Å². The minimum absolute atomic E-state index is 0.0657. The molecule has 0 saturated carbocycles. The summed E-state index contributed by atoms with van der Waals surface area (Å²) < 4.78 is 66.5. The van der Waals surface area contributed by atoms with Gasteiger partial charge in [-0.2, -0.15) is 13.0 Å². The number of carbonyl (C=O) groups is 3. The quantitative estimate of drug-likeness (QED) is 0.0989. The first kappa shape index (κ1) is 49.3. The molecule has 5 rings (SSSR count). The first-order valence-corrected chi connectivity index (χ1v) is 24.2. The van der Waals surface area contributed by atoms with Gasteiger partial charge in [0.15, 0.2) is 5.71 Å². The van der Waals surface area contributed by atoms with Gasteiger partial charge in [0.05, 0.1) is 10.3 Å². The average molecular weight is 885 g/mol. The molecule has 0 radical (unpaired) electrons. The number of hydrogen-bond donors (Lipinski definition) is 4. The molecule has 0 fully saturated rings. The summed E-state index contributed by atoms with van der Waals surface area (Å²) in [6.45, 7) is 8.04. The number of nitrogens with zero attached hydrogens (tertiary/aromatic N) is 2. The highest BCUT2D eigenvalue weighted by Crippen LogP contribution is 2.51. The van der Waals surface area contributed by atoms with Gasteiger partial charge in [-0.3, -0.25) is 23.1 Å². The van der Waals surface area contributed by atoms with Gasteiger partial charge in [-0.1, -0.05) is 41.0 Å². The van der Waals surface area contributed by atoms with Crippen LogP contribution in [0.25, 0.3) is 0 Å². The molecular formula is C45H64N4O10S2. The lowest BCUT2D eigenvalue weighted by atomic mass is 9.77. The van der Waals surface area contributed by atoms with E-state index in [1.54, 1.807) is 38.5 Å². The number of carbonyl (C=O) groups excluding carboxylic acids is 2. The van der Waals surface area contributed by atoms with Gasteiger partial charge in [0.1, 0.15) is 6.54 Å². The monoisotopic (exact) mass is 884 g/mol. The molecule has 16 heteroatoms. The fraction of sp³-hybridized carbons (Fsp3) is 0.533. The van der Waals surface area contributed by atoms with Crippen molar-refractivity contribution in [3.05, 3.63) is 71.5 Å². The topological polar surface area (TPSA) is 205 Å². The van der Waals surface area contributed by atoms with Crippen molar-refractivity contribution < 1.29 is 50.5 Å². The Hall–Kier alpha value is -4.35. The molecule has 0 saturated heterocycles. The molecule has 0 bridgehead atoms. The van der Waals surface area contributed by atoms with Crippen molar-refractivity contribution in [2.75, 3.05) is 45.3 Å². The molecule has 14 nitrogen and oxygen atoms in total. The highest BCUT2D eigenvalue weighted by atomic mass is 32.2. The first-order chi connectivity index (χ1) is 28.7. The number of carboxylic acids is 1. The normalized spacial score (nSPS) is 22.1. The van der Waals surface area contributed by atoms with E-state index in [9.17, 15) is 41.2 Å². The Kier molecular flexibility index (Phi) is 17.5. The van der Waals surface area contributed by atoms with Crippen molar-refractivity contribution in [1.29, 1.82) is 0 Å². The maximum Gasteiger partial charge on any atom is 0.303 e. The van der Waals surface area contributed by atoms with Gasteiger partial charge < -0.3 is 29.9 Å². The smallest absolute Gasteiger partial charge is 0.303 e. The molecule has 61 heavy (non-hydrogen) atoms. The zero-order valence-corrected chi connectivity index (χ0v) is 37.9. The second-order valence-electron chi connectivity index (χ2n) is 16.7. The van der Waals surface area contributed by atoms with Gasteiger partial charge in [0, 0.05) is 98.9 Å². The number of aliphatic carboxylic acids is 1. The molecular weight excluding hydrogens is 821 g/mol. The van der Waals surface area contributed by atoms with E-state index in [-0.39, 0.29) is 28.0 Å². The number of ether oxygens (including phenoxy) is 1. The van der Waals surface area contributed by atoms with Crippen molar-refractivity contribution in [1.82, 2.24) is 10.6 Å². The summed E-state index contributed by atoms with van der Waals surface area (Å²) in [5.74, 6) is 2.38. The molecule has 2 unspecified atom stereocenters. The Morgan fingerprint density at radius 2 is 1.49 bits per heavy atom. The largest absolute Gasteiger partial charge is 0.774 e. The number of anilines is 1. The van der Waals surface area contributed by atoms with Crippen LogP contribution in [0.1, 0.15) is 115 Å². The minimum Gasteiger partial charge on any atom is -0.774 e. The first-order valence-electron chi connectivity index (χ1n) is 21.1. The van der Waals surface area contributed by atoms with Crippen LogP contribution in [0.5, 0.6) is 0 Å². The van der Waals surface area contributed by atoms with Crippen LogP contribution in [0.15, 0.2) is 70.1 Å². The number of rotatable bonds is 8. The summed E-state index contributed by atoms with van der Waals surface area (Å²) in [6.07, 6.45) is 13.7. The van der Waals surface area contributed by atoms with Crippen molar-refractivity contribution >= 4 is 60.7 Å². The Bertz CT molecular complexity index is 2230. The van der Waals surface area contributed by atoms with Crippen LogP contribution in [-0.2, 0) is 49.9 Å². The molecule has 0 aromatic heterocycles. The van der Waals surface area contributed by atoms with Crippen LogP contribution in [0.4, 0.5) is 11.4 Å². The molecule has 3 aliphatic heterocycles. The van der Waals surface area contributed by atoms with E-state index in [1.807, 2.05) is 24.3 Å². The van der Waals surface area contributed by atoms with Crippen LogP contribution < -0.4 is 15.5 Å². The fourth-order valence-electron chi connectivity index (χ4n) is 8.49. The SMILES string of the molecule is C=S(=O)([O-])c1ccc2c(c1)C(C)(C)C1=[N+]2CCCCCC(=O)NCCNC(=O)CCCCCC2(C)/C(=C/C=C1)N(CCCCCC(=O)O)c1ccc(S(=O)(=O)O)cc12.COC. The van der Waals surface area contributed by atoms with Crippen molar-refractivity contribution in [2.45, 2.75) is 125 Å². The number of fused-ring (bicyclic) bond motifs is 5. The van der Waals surface area contributed by atoms with Gasteiger partial charge in [0.2, 0.25) is 17.5 Å². The molecule has 0 aliphatic carbocycles. The second-order valence-corrected chi connectivity index (χ2v) is 19.8. The van der Waals surface area contributed by atoms with E-state index in [1.165, 1.54) is 6.07 Å². The number of benzene rings is 2. The Morgan fingerprint density at radius 1 is 0.885 bits per heavy atom. The van der Waals surface area contributed by atoms with Gasteiger partial charge >= 0.3 is 5.97 Å². The molecule has 2 aromatic rings. The van der Waals surface area contributed by atoms with E-state index in [2.05, 4.69) is 51.5 Å². The summed E-state index contributed by atoms with van der Waals surface area (Å²) in [4.78, 5) is 38.4. The predicted octanol–water partition coefficient (Wildman–Crippen LogP) is 6.40. The maximum atomic E-state index is 12.6. The fourth-order valence-corrected chi connectivity index (χ4v) is 9.57. The lowest BCUT2D eigenvalue weighted by molar-refractivity contribution is -0.438. The van der Waals surface area contributed by atoms with Crippen LogP contribution >= 0.6 is 0 Å². The van der Waals surface area contributed by atoms with E-state index >= 15 is 0 Å². The van der Waals surface area contributed by atoms with E-state index in [0.29, 0.717) is 84.0 Å². The number of hydrogen-bond acceptors (Lipinski definition) is 9. The lowest BCUT2D eigenvalue weighted by Crippen LogP contribution is -2.34. The molecule has 2 atom stereocenters. The summed E-state index contributed by atoms with van der Waals surface area (Å²) >= 11 is 0. The van der Waals surface area contributed by atoms with Crippen LogP contribution in [0.3, 0.4) is 0 Å². The highest BCUT2D eigenvalue weighted by molar-refractivity contribution is 7.95. The van der Waals surface area contributed by atoms with Gasteiger partial charge in [-0.25, -0.2) is 0 Å². The number of amides is 2. The Balaban J connectivity index is 0.00000265. The third-order valence-electron chi connectivity index (χ3n) is 11.6. The molecule has 2 aromatic carbocycles. The lowest BCUT2D eigenvalue weighted by Gasteiger charge is -2.30. The maximum absolute atomic E-state index is 12.6. The summed E-state index contributed by atoms with van der Waals surface area (Å²) in [7, 11) is -4.97. The summed E-state index contributed by atoms with van der Waals surface area (Å²) in [6, 6.07) is 9.79. The van der Waals surface area contributed by atoms with Crippen molar-refractivity contribution in [2.24, 2.45) is 0 Å². The second kappa shape index (κ2) is 21.6. The van der Waals surface area contributed by atoms with E-state index in [4.69, 9.17) is 0 Å². The minimum atomic E-state index is -4.51. The predicted molar refractivity (Wildman–Crippen MR) is 238 cm³/mol. The molecule has 3 aliphatic rings. The Labute approximate surface area is 362 Å². The highest BCUT2D eigenvalue weighted by Gasteiger charge is 2.46. The molecule has 2 amide bonds. The standard InChI is InChI=1S/C43H58N4O9S2.C2H6O/c1-42(2)33-29-31(57(4,52)53)20-22-35(33)46-27-12-6-9-18-40(49)45-26-25-44-39(48)17-8-5-11-24-43(3)34-30-32(58(54,55)56)21-23-36(34)47(28-13-7-10-19-41(50)51)38(43)16-14-15-37(42)46;1-3-2/h14-16,20-23,29-30H,4-13,17-19,24-28H2,1-3H3,(H4-,44,45,48,49,50,51,52,53,54,55,56);1-2H3. The summed E-state index contributed by atoms with van der Waals surface area (Å²) in [5.41, 5.74) is 3.89. The zero-order chi connectivity index (χ0) is 45.0. The number of allylic oxidation sites excluding steroid dienone is 4. The van der Waals surface area contributed by atoms with Crippen LogP contribution in [0.2, 0.25) is 0 Å². The Morgan fingerprint density at radius 3 is 2.10 bits per heavy atom. The van der Waals surface area contributed by atoms with Crippen LogP contribution in [0, 0.1) is 0 Å². The van der Waals surface area contributed by atoms with Crippen LogP contribution in [-0.4, -0.2) is 101 Å². The number of unbranched alkanes of at least 4 members (excludes halogenated alkanes) is 2. The number of methoxy groups -OCH3 is 1.